The largest absolute Gasteiger partial charge is 0.514 e. The Balaban J connectivity index is 1.46. The standard InChI is InChI=1S/C25H26F2N6O7/c1-15-20(32-12-16(10-22(34)38-3)11-25(26,27)14-32)9-8-19(28-15)23-21(31(2)30-29-23)13-39-24(35)40-18-6-4-17(5-7-18)33(36)37/h4-9,16H,10-14H2,1-3H3. The van der Waals surface area contributed by atoms with Crippen molar-refractivity contribution < 1.29 is 37.5 Å². The van der Waals surface area contributed by atoms with E-state index in [9.17, 15) is 28.5 Å². The van der Waals surface area contributed by atoms with Crippen molar-refractivity contribution in [1.29, 1.82) is 0 Å². The van der Waals surface area contributed by atoms with Gasteiger partial charge in [0, 0.05) is 32.1 Å². The molecule has 40 heavy (non-hydrogen) atoms. The normalized spacial score (nSPS) is 16.3. The summed E-state index contributed by atoms with van der Waals surface area (Å²) in [7, 11) is 2.82. The monoisotopic (exact) mass is 560 g/mol. The van der Waals surface area contributed by atoms with E-state index in [-0.39, 0.29) is 31.0 Å². The number of rotatable bonds is 8. The van der Waals surface area contributed by atoms with E-state index in [4.69, 9.17) is 9.47 Å². The van der Waals surface area contributed by atoms with Gasteiger partial charge in [0.15, 0.2) is 0 Å². The van der Waals surface area contributed by atoms with Gasteiger partial charge in [0.2, 0.25) is 0 Å². The highest BCUT2D eigenvalue weighted by Gasteiger charge is 2.41. The van der Waals surface area contributed by atoms with Gasteiger partial charge in [-0.05, 0) is 37.1 Å². The molecule has 13 nitrogen and oxygen atoms in total. The number of nitro benzene ring substituents is 1. The Kier molecular flexibility index (Phi) is 8.21. The van der Waals surface area contributed by atoms with E-state index < -0.39 is 41.9 Å². The lowest BCUT2D eigenvalue weighted by molar-refractivity contribution is -0.384. The summed E-state index contributed by atoms with van der Waals surface area (Å²) in [4.78, 5) is 40.1. The molecule has 0 aliphatic carbocycles. The number of alkyl halides is 2. The first kappa shape index (κ1) is 28.3. The molecule has 4 rings (SSSR count). The molecule has 1 atom stereocenters. The molecule has 0 N–H and O–H groups in total. The van der Waals surface area contributed by atoms with Crippen LogP contribution in [0.3, 0.4) is 0 Å². The first-order valence-electron chi connectivity index (χ1n) is 12.1. The number of ether oxygens (including phenoxy) is 3. The third-order valence-electron chi connectivity index (χ3n) is 6.33. The average molecular weight is 561 g/mol. The number of benzene rings is 1. The van der Waals surface area contributed by atoms with Crippen LogP contribution >= 0.6 is 0 Å². The van der Waals surface area contributed by atoms with Gasteiger partial charge in [-0.2, -0.15) is 0 Å². The van der Waals surface area contributed by atoms with Crippen molar-refractivity contribution in [2.75, 3.05) is 25.1 Å². The summed E-state index contributed by atoms with van der Waals surface area (Å²) in [6.45, 7) is 1.14. The lowest BCUT2D eigenvalue weighted by Crippen LogP contribution is -2.48. The zero-order chi connectivity index (χ0) is 29.0. The summed E-state index contributed by atoms with van der Waals surface area (Å²) in [5, 5.41) is 18.8. The van der Waals surface area contributed by atoms with E-state index in [1.54, 1.807) is 26.1 Å². The molecular weight excluding hydrogens is 534 g/mol. The number of halogens is 2. The SMILES string of the molecule is COC(=O)CC1CN(c2ccc(-c3nnn(C)c3COC(=O)Oc3ccc([N+](=O)[O-])cc3)nc2C)CC(F)(F)C1. The molecule has 15 heteroatoms. The van der Waals surface area contributed by atoms with Gasteiger partial charge in [-0.15, -0.1) is 5.10 Å². The van der Waals surface area contributed by atoms with Gasteiger partial charge in [0.1, 0.15) is 23.7 Å². The molecule has 0 saturated carbocycles. The number of nitrogens with zero attached hydrogens (tertiary/aromatic N) is 6. The summed E-state index contributed by atoms with van der Waals surface area (Å²) < 4.78 is 45.3. The lowest BCUT2D eigenvalue weighted by Gasteiger charge is -2.39. The Labute approximate surface area is 226 Å². The average Bonchev–Trinajstić information content (AvgIpc) is 3.26. The number of aryl methyl sites for hydroxylation is 2. The number of carbonyl (C=O) groups is 2. The van der Waals surface area contributed by atoms with Gasteiger partial charge in [0.05, 0.1) is 42.1 Å². The number of anilines is 1. The topological polar surface area (TPSA) is 152 Å². The van der Waals surface area contributed by atoms with Crippen LogP contribution in [0.1, 0.15) is 24.2 Å². The molecular formula is C25H26F2N6O7. The zero-order valence-electron chi connectivity index (χ0n) is 21.9. The fraction of sp³-hybridized carbons (Fsp3) is 0.400. The van der Waals surface area contributed by atoms with E-state index in [1.807, 2.05) is 0 Å². The number of esters is 1. The molecule has 1 aromatic carbocycles. The fourth-order valence-corrected chi connectivity index (χ4v) is 4.49. The fourth-order valence-electron chi connectivity index (χ4n) is 4.49. The Morgan fingerprint density at radius 1 is 1.20 bits per heavy atom. The number of aromatic nitrogens is 4. The van der Waals surface area contributed by atoms with Crippen molar-refractivity contribution in [3.63, 3.8) is 0 Å². The zero-order valence-corrected chi connectivity index (χ0v) is 21.9. The summed E-state index contributed by atoms with van der Waals surface area (Å²) in [6.07, 6.45) is -1.56. The van der Waals surface area contributed by atoms with E-state index in [2.05, 4.69) is 20.0 Å². The molecule has 1 aliphatic rings. The molecule has 2 aromatic heterocycles. The van der Waals surface area contributed by atoms with E-state index in [0.717, 1.165) is 0 Å². The first-order valence-corrected chi connectivity index (χ1v) is 12.1. The van der Waals surface area contributed by atoms with Crippen molar-refractivity contribution in [1.82, 2.24) is 20.0 Å². The molecule has 3 aromatic rings. The van der Waals surface area contributed by atoms with Crippen LogP contribution in [0.25, 0.3) is 11.4 Å². The molecule has 0 spiro atoms. The van der Waals surface area contributed by atoms with Gasteiger partial charge < -0.3 is 19.1 Å². The van der Waals surface area contributed by atoms with Crippen LogP contribution in [0.15, 0.2) is 36.4 Å². The Hall–Kier alpha value is -4.69. The number of non-ortho nitro benzene ring substituents is 1. The van der Waals surface area contributed by atoms with Crippen molar-refractivity contribution in [3.8, 4) is 17.1 Å². The molecule has 0 amide bonds. The summed E-state index contributed by atoms with van der Waals surface area (Å²) >= 11 is 0. The number of carbonyl (C=O) groups excluding carboxylic acids is 2. The van der Waals surface area contributed by atoms with Crippen molar-refractivity contribution in [2.24, 2.45) is 13.0 Å². The van der Waals surface area contributed by atoms with Crippen molar-refractivity contribution in [2.45, 2.75) is 32.3 Å². The van der Waals surface area contributed by atoms with Crippen molar-refractivity contribution in [3.05, 3.63) is 57.9 Å². The lowest BCUT2D eigenvalue weighted by atomic mass is 9.91. The molecule has 1 saturated heterocycles. The van der Waals surface area contributed by atoms with Crippen LogP contribution in [-0.2, 0) is 27.9 Å². The van der Waals surface area contributed by atoms with Crippen LogP contribution in [0.5, 0.6) is 5.75 Å². The van der Waals surface area contributed by atoms with Crippen LogP contribution in [0, 0.1) is 23.0 Å². The minimum absolute atomic E-state index is 0.0592. The number of hydrogen-bond acceptors (Lipinski definition) is 11. The molecule has 1 unspecified atom stereocenters. The van der Waals surface area contributed by atoms with E-state index in [1.165, 1.54) is 41.0 Å². The number of piperidine rings is 1. The Morgan fingerprint density at radius 2 is 1.93 bits per heavy atom. The van der Waals surface area contributed by atoms with Gasteiger partial charge in [0.25, 0.3) is 11.6 Å². The van der Waals surface area contributed by atoms with E-state index >= 15 is 0 Å². The number of hydrogen-bond donors (Lipinski definition) is 0. The molecule has 1 fully saturated rings. The maximum Gasteiger partial charge on any atom is 0.514 e. The summed E-state index contributed by atoms with van der Waals surface area (Å²) in [5.41, 5.74) is 1.88. The molecule has 0 radical (unpaired) electrons. The smallest absolute Gasteiger partial charge is 0.469 e. The van der Waals surface area contributed by atoms with Crippen molar-refractivity contribution >= 4 is 23.5 Å². The molecule has 3 heterocycles. The highest BCUT2D eigenvalue weighted by molar-refractivity contribution is 5.70. The highest BCUT2D eigenvalue weighted by atomic mass is 19.3. The van der Waals surface area contributed by atoms with Gasteiger partial charge in [-0.25, -0.2) is 23.2 Å². The van der Waals surface area contributed by atoms with Crippen LogP contribution in [0.4, 0.5) is 25.0 Å². The second-order valence-corrected chi connectivity index (χ2v) is 9.29. The molecule has 1 aliphatic heterocycles. The quantitative estimate of drug-likeness (QED) is 0.171. The van der Waals surface area contributed by atoms with Crippen LogP contribution in [-0.4, -0.2) is 63.1 Å². The van der Waals surface area contributed by atoms with Gasteiger partial charge in [-0.1, -0.05) is 5.21 Å². The molecule has 0 bridgehead atoms. The summed E-state index contributed by atoms with van der Waals surface area (Å²) in [6, 6.07) is 8.16. The number of pyridine rings is 1. The first-order chi connectivity index (χ1) is 19.0. The number of nitro groups is 1. The van der Waals surface area contributed by atoms with E-state index in [0.29, 0.717) is 28.5 Å². The maximum atomic E-state index is 14.5. The second kappa shape index (κ2) is 11.6. The minimum atomic E-state index is -2.99. The predicted octanol–water partition coefficient (Wildman–Crippen LogP) is 3.83. The second-order valence-electron chi connectivity index (χ2n) is 9.29. The Bertz CT molecular complexity index is 1410. The third-order valence-corrected chi connectivity index (χ3v) is 6.33. The van der Waals surface area contributed by atoms with Crippen LogP contribution in [0.2, 0.25) is 0 Å². The maximum absolute atomic E-state index is 14.5. The van der Waals surface area contributed by atoms with Gasteiger partial charge >= 0.3 is 12.1 Å². The molecule has 212 valence electrons. The highest BCUT2D eigenvalue weighted by Crippen LogP contribution is 2.36. The minimum Gasteiger partial charge on any atom is -0.469 e. The third kappa shape index (κ3) is 6.65. The van der Waals surface area contributed by atoms with Gasteiger partial charge in [-0.3, -0.25) is 14.9 Å². The number of methoxy groups -OCH3 is 1. The Morgan fingerprint density at radius 3 is 2.58 bits per heavy atom. The predicted molar refractivity (Wildman–Crippen MR) is 135 cm³/mol. The van der Waals surface area contributed by atoms with Crippen LogP contribution < -0.4 is 9.64 Å². The summed E-state index contributed by atoms with van der Waals surface area (Å²) in [5.74, 6) is -4.05.